The van der Waals surface area contributed by atoms with E-state index in [0.717, 1.165) is 31.9 Å². The van der Waals surface area contributed by atoms with Crippen LogP contribution in [-0.2, 0) is 13.1 Å². The van der Waals surface area contributed by atoms with Gasteiger partial charge in [-0.05, 0) is 6.42 Å². The number of aromatic nitrogens is 2. The Labute approximate surface area is 89.1 Å². The Bertz CT molecular complexity index is 347. The summed E-state index contributed by atoms with van der Waals surface area (Å²) in [5, 5.41) is 2.87. The largest absolute Gasteiger partial charge is 0.338 e. The Hall–Kier alpha value is -1.52. The van der Waals surface area contributed by atoms with E-state index in [-0.39, 0.29) is 6.03 Å². The number of nitrogens with zero attached hydrogens (tertiary/aromatic N) is 3. The predicted octanol–water partition coefficient (Wildman–Crippen LogP) is 0.818. The molecule has 5 nitrogen and oxygen atoms in total. The first kappa shape index (κ1) is 10.0. The second-order valence-corrected chi connectivity index (χ2v) is 3.69. The van der Waals surface area contributed by atoms with E-state index in [0.29, 0.717) is 6.54 Å². The predicted molar refractivity (Wildman–Crippen MR) is 56.3 cm³/mol. The van der Waals surface area contributed by atoms with Crippen molar-refractivity contribution in [3.63, 3.8) is 0 Å². The molecule has 0 bridgehead atoms. The number of nitrogens with one attached hydrogen (secondary N) is 1. The van der Waals surface area contributed by atoms with E-state index in [4.69, 9.17) is 0 Å². The lowest BCUT2D eigenvalue weighted by molar-refractivity contribution is 0.182. The first-order valence-corrected chi connectivity index (χ1v) is 5.34. The molecule has 0 saturated carbocycles. The van der Waals surface area contributed by atoms with Crippen molar-refractivity contribution in [3.05, 3.63) is 18.2 Å². The first-order valence-electron chi connectivity index (χ1n) is 5.34. The van der Waals surface area contributed by atoms with Crippen LogP contribution in [0.25, 0.3) is 0 Å². The van der Waals surface area contributed by atoms with Crippen LogP contribution in [0.15, 0.2) is 12.4 Å². The Balaban J connectivity index is 1.94. The highest BCUT2D eigenvalue weighted by Crippen LogP contribution is 2.09. The summed E-state index contributed by atoms with van der Waals surface area (Å²) in [7, 11) is 0. The number of hydrogen-bond acceptors (Lipinski definition) is 2. The van der Waals surface area contributed by atoms with Crippen LogP contribution in [-0.4, -0.2) is 33.6 Å². The average Bonchev–Trinajstić information content (AvgIpc) is 2.72. The van der Waals surface area contributed by atoms with E-state index in [2.05, 4.69) is 14.9 Å². The van der Waals surface area contributed by atoms with Gasteiger partial charge >= 0.3 is 6.03 Å². The second-order valence-electron chi connectivity index (χ2n) is 3.69. The fourth-order valence-electron chi connectivity index (χ4n) is 1.69. The maximum absolute atomic E-state index is 11.7. The third-order valence-corrected chi connectivity index (χ3v) is 2.56. The molecule has 1 aromatic rings. The molecule has 2 amide bonds. The molecule has 0 atom stereocenters. The van der Waals surface area contributed by atoms with Crippen LogP contribution in [0.5, 0.6) is 0 Å². The zero-order chi connectivity index (χ0) is 10.7. The van der Waals surface area contributed by atoms with E-state index < -0.39 is 0 Å². The van der Waals surface area contributed by atoms with Crippen LogP contribution in [0.3, 0.4) is 0 Å². The monoisotopic (exact) mass is 208 g/mol. The van der Waals surface area contributed by atoms with Crippen molar-refractivity contribution in [3.8, 4) is 0 Å². The van der Waals surface area contributed by atoms with Gasteiger partial charge in [-0.15, -0.1) is 0 Å². The average molecular weight is 208 g/mol. The standard InChI is InChI=1S/C10H16N4O/c1-2-3-12-10(15)14-7-6-13-5-4-11-9(13)8-14/h4-5H,2-3,6-8H2,1H3,(H,12,15). The van der Waals surface area contributed by atoms with Gasteiger partial charge in [0.05, 0.1) is 6.54 Å². The minimum Gasteiger partial charge on any atom is -0.338 e. The highest BCUT2D eigenvalue weighted by Gasteiger charge is 2.20. The molecule has 0 aromatic carbocycles. The zero-order valence-corrected chi connectivity index (χ0v) is 8.94. The minimum atomic E-state index is 0.0195. The van der Waals surface area contributed by atoms with Crippen molar-refractivity contribution in [2.45, 2.75) is 26.4 Å². The minimum absolute atomic E-state index is 0.0195. The fraction of sp³-hybridized carbons (Fsp3) is 0.600. The summed E-state index contributed by atoms with van der Waals surface area (Å²) in [6.45, 7) is 5.00. The normalized spacial score (nSPS) is 14.9. The van der Waals surface area contributed by atoms with Crippen molar-refractivity contribution in [2.24, 2.45) is 0 Å². The molecule has 5 heteroatoms. The highest BCUT2D eigenvalue weighted by molar-refractivity contribution is 5.74. The Kier molecular flexibility index (Phi) is 2.89. The SMILES string of the molecule is CCCNC(=O)N1CCn2ccnc2C1. The van der Waals surface area contributed by atoms with Crippen molar-refractivity contribution >= 4 is 6.03 Å². The maximum Gasteiger partial charge on any atom is 0.317 e. The maximum atomic E-state index is 11.7. The summed E-state index contributed by atoms with van der Waals surface area (Å²) in [4.78, 5) is 17.7. The molecule has 1 N–H and O–H groups in total. The summed E-state index contributed by atoms with van der Waals surface area (Å²) in [5.41, 5.74) is 0. The van der Waals surface area contributed by atoms with Crippen molar-refractivity contribution in [1.82, 2.24) is 19.8 Å². The molecule has 0 spiro atoms. The lowest BCUT2D eigenvalue weighted by Crippen LogP contribution is -2.44. The van der Waals surface area contributed by atoms with Crippen LogP contribution in [0, 0.1) is 0 Å². The molecule has 0 aliphatic carbocycles. The van der Waals surface area contributed by atoms with Crippen molar-refractivity contribution < 1.29 is 4.79 Å². The summed E-state index contributed by atoms with van der Waals surface area (Å²) >= 11 is 0. The summed E-state index contributed by atoms with van der Waals surface area (Å²) in [6, 6.07) is 0.0195. The number of imidazole rings is 1. The number of carbonyl (C=O) groups is 1. The number of carbonyl (C=O) groups excluding carboxylic acids is 1. The molecule has 1 aliphatic rings. The molecular formula is C10H16N4O. The third-order valence-electron chi connectivity index (χ3n) is 2.56. The van der Waals surface area contributed by atoms with Gasteiger partial charge in [0.15, 0.2) is 0 Å². The van der Waals surface area contributed by atoms with Crippen LogP contribution in [0.4, 0.5) is 4.79 Å². The fourth-order valence-corrected chi connectivity index (χ4v) is 1.69. The summed E-state index contributed by atoms with van der Waals surface area (Å²) in [5.74, 6) is 0.966. The highest BCUT2D eigenvalue weighted by atomic mass is 16.2. The molecule has 2 rings (SSSR count). The lowest BCUT2D eigenvalue weighted by Gasteiger charge is -2.27. The topological polar surface area (TPSA) is 50.2 Å². The summed E-state index contributed by atoms with van der Waals surface area (Å²) < 4.78 is 2.09. The van der Waals surface area contributed by atoms with Gasteiger partial charge in [-0.3, -0.25) is 0 Å². The molecule has 1 aliphatic heterocycles. The molecule has 0 unspecified atom stereocenters. The van der Waals surface area contributed by atoms with Crippen LogP contribution >= 0.6 is 0 Å². The number of amides is 2. The zero-order valence-electron chi connectivity index (χ0n) is 8.94. The second kappa shape index (κ2) is 4.33. The molecule has 82 valence electrons. The van der Waals surface area contributed by atoms with Crippen molar-refractivity contribution in [1.29, 1.82) is 0 Å². The lowest BCUT2D eigenvalue weighted by atomic mass is 10.3. The number of rotatable bonds is 2. The van der Waals surface area contributed by atoms with Crippen molar-refractivity contribution in [2.75, 3.05) is 13.1 Å². The van der Waals surface area contributed by atoms with Gasteiger partial charge in [0.2, 0.25) is 0 Å². The van der Waals surface area contributed by atoms with Crippen LogP contribution < -0.4 is 5.32 Å². The number of fused-ring (bicyclic) bond motifs is 1. The van der Waals surface area contributed by atoms with E-state index in [1.807, 2.05) is 13.1 Å². The van der Waals surface area contributed by atoms with Gasteiger partial charge < -0.3 is 14.8 Å². The van der Waals surface area contributed by atoms with Crippen LogP contribution in [0.1, 0.15) is 19.2 Å². The molecule has 2 heterocycles. The van der Waals surface area contributed by atoms with Gasteiger partial charge in [0.25, 0.3) is 0 Å². The molecule has 0 radical (unpaired) electrons. The van der Waals surface area contributed by atoms with Gasteiger partial charge in [0.1, 0.15) is 5.82 Å². The Morgan fingerprint density at radius 3 is 3.27 bits per heavy atom. The van der Waals surface area contributed by atoms with Crippen LogP contribution in [0.2, 0.25) is 0 Å². The Morgan fingerprint density at radius 1 is 1.60 bits per heavy atom. The van der Waals surface area contributed by atoms with Gasteiger partial charge in [-0.2, -0.15) is 0 Å². The van der Waals surface area contributed by atoms with Gasteiger partial charge in [-0.25, -0.2) is 9.78 Å². The molecule has 1 aromatic heterocycles. The summed E-state index contributed by atoms with van der Waals surface area (Å²) in [6.07, 6.45) is 4.70. The third kappa shape index (κ3) is 2.11. The number of urea groups is 1. The smallest absolute Gasteiger partial charge is 0.317 e. The quantitative estimate of drug-likeness (QED) is 0.782. The molecule has 0 fully saturated rings. The van der Waals surface area contributed by atoms with E-state index in [1.165, 1.54) is 0 Å². The number of hydrogen-bond donors (Lipinski definition) is 1. The molecule has 15 heavy (non-hydrogen) atoms. The van der Waals surface area contributed by atoms with Gasteiger partial charge in [0, 0.05) is 32.0 Å². The molecular weight excluding hydrogens is 192 g/mol. The van der Waals surface area contributed by atoms with E-state index in [1.54, 1.807) is 11.1 Å². The van der Waals surface area contributed by atoms with E-state index >= 15 is 0 Å². The first-order chi connectivity index (χ1) is 7.31. The van der Waals surface area contributed by atoms with Gasteiger partial charge in [-0.1, -0.05) is 6.92 Å². The Morgan fingerprint density at radius 2 is 2.47 bits per heavy atom. The molecule has 0 saturated heterocycles. The van der Waals surface area contributed by atoms with E-state index in [9.17, 15) is 4.79 Å².